The van der Waals surface area contributed by atoms with Crippen LogP contribution in [0.15, 0.2) is 51.3 Å². The van der Waals surface area contributed by atoms with E-state index in [9.17, 15) is 27.6 Å². The van der Waals surface area contributed by atoms with Crippen molar-refractivity contribution in [3.05, 3.63) is 102 Å². The Morgan fingerprint density at radius 1 is 0.897 bits per heavy atom. The van der Waals surface area contributed by atoms with Gasteiger partial charge in [-0.2, -0.15) is 10.1 Å². The molecule has 0 atom stereocenters. The first-order valence-corrected chi connectivity index (χ1v) is 11.5. The third-order valence-corrected chi connectivity index (χ3v) is 6.08. The van der Waals surface area contributed by atoms with E-state index < -0.39 is 52.4 Å². The van der Waals surface area contributed by atoms with Crippen molar-refractivity contribution >= 4 is 34.1 Å². The van der Waals surface area contributed by atoms with E-state index in [1.54, 1.807) is 7.05 Å². The van der Waals surface area contributed by atoms with Gasteiger partial charge in [0.05, 0.1) is 41.0 Å². The lowest BCUT2D eigenvalue weighted by atomic mass is 10.2. The largest absolute Gasteiger partial charge is 0.355 e. The molecule has 2 aromatic carbocycles. The van der Waals surface area contributed by atoms with Gasteiger partial charge in [-0.3, -0.25) is 14.0 Å². The molecule has 0 aliphatic rings. The molecule has 0 aliphatic carbocycles. The molecular weight excluding hydrogens is 543 g/mol. The van der Waals surface area contributed by atoms with Gasteiger partial charge < -0.3 is 9.88 Å². The van der Waals surface area contributed by atoms with Crippen molar-refractivity contribution in [1.82, 2.24) is 38.4 Å². The maximum absolute atomic E-state index is 14.5. The predicted molar refractivity (Wildman–Crippen MR) is 134 cm³/mol. The van der Waals surface area contributed by atoms with Crippen molar-refractivity contribution in [3.8, 4) is 0 Å². The van der Waals surface area contributed by atoms with Gasteiger partial charge in [-0.25, -0.2) is 37.3 Å². The zero-order chi connectivity index (χ0) is 28.0. The number of nitrogens with one attached hydrogen (secondary N) is 1. The van der Waals surface area contributed by atoms with E-state index in [1.165, 1.54) is 41.1 Å². The standard InChI is InChI=1S/C23H17ClF3N9O3/c1-33-9-28-17-5-13(24)18(4-12(17)20(33)37)30-21-31-22(38)36(8-19-29-10-34(2)32-19)23(39)35(21)7-11-3-15(26)16(27)6-14(11)25/h3-6,9-10H,7-8H2,1-2H3,(H,30,31,38). The van der Waals surface area contributed by atoms with Crippen molar-refractivity contribution < 1.29 is 13.2 Å². The van der Waals surface area contributed by atoms with Crippen LogP contribution in [0, 0.1) is 17.5 Å². The van der Waals surface area contributed by atoms with Crippen LogP contribution in [0.5, 0.6) is 0 Å². The molecule has 3 aromatic heterocycles. The molecule has 3 heterocycles. The van der Waals surface area contributed by atoms with Crippen LogP contribution < -0.4 is 22.3 Å². The number of rotatable bonds is 6. The molecule has 200 valence electrons. The number of benzene rings is 2. The first-order chi connectivity index (χ1) is 18.5. The summed E-state index contributed by atoms with van der Waals surface area (Å²) in [6.07, 6.45) is 2.68. The highest BCUT2D eigenvalue weighted by atomic mass is 35.5. The van der Waals surface area contributed by atoms with Gasteiger partial charge in [0.2, 0.25) is 5.95 Å². The van der Waals surface area contributed by atoms with Crippen LogP contribution in [0.25, 0.3) is 10.9 Å². The van der Waals surface area contributed by atoms with Crippen LogP contribution in [-0.2, 0) is 27.2 Å². The minimum Gasteiger partial charge on any atom is -0.324 e. The zero-order valence-corrected chi connectivity index (χ0v) is 20.9. The molecule has 0 bridgehead atoms. The van der Waals surface area contributed by atoms with E-state index >= 15 is 0 Å². The molecule has 0 amide bonds. The molecule has 5 rings (SSSR count). The van der Waals surface area contributed by atoms with Crippen LogP contribution in [-0.4, -0.2) is 38.4 Å². The van der Waals surface area contributed by atoms with E-state index in [1.807, 2.05) is 0 Å². The van der Waals surface area contributed by atoms with Gasteiger partial charge in [0.1, 0.15) is 12.1 Å². The van der Waals surface area contributed by atoms with Crippen molar-refractivity contribution in [2.45, 2.75) is 13.1 Å². The molecule has 1 N–H and O–H groups in total. The Hall–Kier alpha value is -4.79. The van der Waals surface area contributed by atoms with Crippen molar-refractivity contribution in [2.75, 3.05) is 5.32 Å². The fraction of sp³-hybridized carbons (Fsp3) is 0.174. The van der Waals surface area contributed by atoms with E-state index in [4.69, 9.17) is 11.6 Å². The summed E-state index contributed by atoms with van der Waals surface area (Å²) in [6.45, 7) is -1.02. The number of hydrogen-bond donors (Lipinski definition) is 1. The lowest BCUT2D eigenvalue weighted by Gasteiger charge is -2.16. The van der Waals surface area contributed by atoms with Crippen LogP contribution in [0.2, 0.25) is 5.02 Å². The minimum absolute atomic E-state index is 0.0601. The summed E-state index contributed by atoms with van der Waals surface area (Å²) in [4.78, 5) is 51.0. The smallest absolute Gasteiger partial charge is 0.324 e. The van der Waals surface area contributed by atoms with Gasteiger partial charge in [0.25, 0.3) is 5.56 Å². The Labute approximate surface area is 220 Å². The average Bonchev–Trinajstić information content (AvgIpc) is 3.30. The molecule has 0 unspecified atom stereocenters. The van der Waals surface area contributed by atoms with Gasteiger partial charge in [-0.1, -0.05) is 11.6 Å². The third-order valence-electron chi connectivity index (χ3n) is 5.77. The van der Waals surface area contributed by atoms with Crippen LogP contribution in [0.3, 0.4) is 0 Å². The number of anilines is 2. The second-order valence-electron chi connectivity index (χ2n) is 8.50. The topological polar surface area (TPSA) is 135 Å². The van der Waals surface area contributed by atoms with E-state index in [0.717, 1.165) is 4.57 Å². The molecule has 0 spiro atoms. The molecule has 16 heteroatoms. The lowest BCUT2D eigenvalue weighted by Crippen LogP contribution is -2.43. The van der Waals surface area contributed by atoms with Crippen LogP contribution >= 0.6 is 11.6 Å². The summed E-state index contributed by atoms with van der Waals surface area (Å²) in [7, 11) is 3.09. The summed E-state index contributed by atoms with van der Waals surface area (Å²) in [5.74, 6) is -4.17. The van der Waals surface area contributed by atoms with Crippen molar-refractivity contribution in [2.24, 2.45) is 14.1 Å². The van der Waals surface area contributed by atoms with Crippen molar-refractivity contribution in [1.29, 1.82) is 0 Å². The summed E-state index contributed by atoms with van der Waals surface area (Å²) in [6, 6.07) is 3.68. The maximum Gasteiger partial charge on any atom is 0.355 e. The first kappa shape index (κ1) is 25.8. The normalized spacial score (nSPS) is 11.3. The lowest BCUT2D eigenvalue weighted by molar-refractivity contribution is 0.485. The number of nitrogens with zero attached hydrogens (tertiary/aromatic N) is 8. The molecule has 39 heavy (non-hydrogen) atoms. The highest BCUT2D eigenvalue weighted by molar-refractivity contribution is 6.34. The quantitative estimate of drug-likeness (QED) is 0.311. The van der Waals surface area contributed by atoms with E-state index in [0.29, 0.717) is 22.2 Å². The molecule has 0 saturated heterocycles. The molecule has 0 radical (unpaired) electrons. The summed E-state index contributed by atoms with van der Waals surface area (Å²) < 4.78 is 46.1. The zero-order valence-electron chi connectivity index (χ0n) is 20.2. The monoisotopic (exact) mass is 559 g/mol. The molecule has 0 fully saturated rings. The van der Waals surface area contributed by atoms with Gasteiger partial charge in [0, 0.05) is 25.7 Å². The van der Waals surface area contributed by atoms with Gasteiger partial charge in [-0.05, 0) is 18.2 Å². The molecule has 0 saturated carbocycles. The summed E-state index contributed by atoms with van der Waals surface area (Å²) in [5.41, 5.74) is -2.42. The first-order valence-electron chi connectivity index (χ1n) is 11.1. The Morgan fingerprint density at radius 3 is 2.36 bits per heavy atom. The Morgan fingerprint density at radius 2 is 1.64 bits per heavy atom. The van der Waals surface area contributed by atoms with Gasteiger partial charge >= 0.3 is 11.4 Å². The number of aryl methyl sites for hydroxylation is 2. The highest BCUT2D eigenvalue weighted by Gasteiger charge is 2.19. The number of halogens is 4. The molecular formula is C23H17ClF3N9O3. The van der Waals surface area contributed by atoms with Crippen LogP contribution in [0.4, 0.5) is 24.8 Å². The Bertz CT molecular complexity index is 1950. The fourth-order valence-electron chi connectivity index (χ4n) is 3.80. The second kappa shape index (κ2) is 9.83. The number of hydrogen-bond acceptors (Lipinski definition) is 8. The van der Waals surface area contributed by atoms with E-state index in [-0.39, 0.29) is 28.5 Å². The van der Waals surface area contributed by atoms with Crippen LogP contribution in [0.1, 0.15) is 11.4 Å². The maximum atomic E-state index is 14.5. The number of aromatic nitrogens is 8. The third kappa shape index (κ3) is 4.90. The fourth-order valence-corrected chi connectivity index (χ4v) is 4.01. The summed E-state index contributed by atoms with van der Waals surface area (Å²) in [5, 5.41) is 6.99. The second-order valence-corrected chi connectivity index (χ2v) is 8.91. The van der Waals surface area contributed by atoms with Gasteiger partial charge in [0.15, 0.2) is 17.5 Å². The molecule has 12 nitrogen and oxygen atoms in total. The average molecular weight is 560 g/mol. The minimum atomic E-state index is -1.41. The van der Waals surface area contributed by atoms with E-state index in [2.05, 4.69) is 25.4 Å². The van der Waals surface area contributed by atoms with Crippen molar-refractivity contribution in [3.63, 3.8) is 0 Å². The summed E-state index contributed by atoms with van der Waals surface area (Å²) >= 11 is 6.36. The Balaban J connectivity index is 1.67. The number of fused-ring (bicyclic) bond motifs is 1. The van der Waals surface area contributed by atoms with Gasteiger partial charge in [-0.15, -0.1) is 0 Å². The highest BCUT2D eigenvalue weighted by Crippen LogP contribution is 2.28. The molecule has 5 aromatic rings. The Kier molecular flexibility index (Phi) is 6.51. The predicted octanol–water partition coefficient (Wildman–Crippen LogP) is 1.69. The molecule has 0 aliphatic heterocycles. The SMILES string of the molecule is Cn1cnc(Cn2c(=O)nc(Nc3cc4c(=O)n(C)cnc4cc3Cl)n(Cc3cc(F)c(F)cc3F)c2=O)n1.